The van der Waals surface area contributed by atoms with Crippen molar-refractivity contribution in [3.63, 3.8) is 0 Å². The van der Waals surface area contributed by atoms with E-state index in [1.165, 1.54) is 0 Å². The number of aliphatic imine (C=N–C) groups is 1. The zero-order chi connectivity index (χ0) is 19.6. The monoisotopic (exact) mass is 503 g/mol. The van der Waals surface area contributed by atoms with E-state index in [1.807, 2.05) is 30.1 Å². The Hall–Kier alpha value is -1.55. The molecule has 1 N–H and O–H groups in total. The maximum Gasteiger partial charge on any atom is 0.219 e. The highest BCUT2D eigenvalue weighted by Crippen LogP contribution is 2.18. The lowest BCUT2D eigenvalue weighted by molar-refractivity contribution is -0.130. The summed E-state index contributed by atoms with van der Waals surface area (Å²) in [6, 6.07) is 8.06. The molecular weight excluding hydrogens is 469 g/mol. The van der Waals surface area contributed by atoms with Gasteiger partial charge in [0, 0.05) is 65.3 Å². The number of hydrogen-bond donors (Lipinski definition) is 1. The second-order valence-electron chi connectivity index (χ2n) is 6.75. The normalized spacial score (nSPS) is 15.0. The molecule has 1 aromatic rings. The fourth-order valence-electron chi connectivity index (χ4n) is 3.22. The average molecular weight is 503 g/mol. The van der Waals surface area contributed by atoms with E-state index in [0.29, 0.717) is 0 Å². The molecule has 1 fully saturated rings. The van der Waals surface area contributed by atoms with E-state index in [4.69, 9.17) is 9.73 Å². The average Bonchev–Trinajstić information content (AvgIpc) is 2.68. The molecule has 8 heteroatoms. The highest BCUT2D eigenvalue weighted by Gasteiger charge is 2.18. The molecule has 0 unspecified atom stereocenters. The van der Waals surface area contributed by atoms with Gasteiger partial charge in [-0.25, -0.2) is 0 Å². The number of nitrogens with zero attached hydrogens (tertiary/aromatic N) is 4. The first-order valence-corrected chi connectivity index (χ1v) is 9.64. The summed E-state index contributed by atoms with van der Waals surface area (Å²) in [5.74, 6) is 1.95. The Morgan fingerprint density at radius 1 is 1.25 bits per heavy atom. The third-order valence-corrected chi connectivity index (χ3v) is 4.79. The summed E-state index contributed by atoms with van der Waals surface area (Å²) in [5, 5.41) is 3.36. The third-order valence-electron chi connectivity index (χ3n) is 4.79. The highest BCUT2D eigenvalue weighted by molar-refractivity contribution is 14.0. The Morgan fingerprint density at radius 3 is 2.54 bits per heavy atom. The first kappa shape index (κ1) is 24.5. The second-order valence-corrected chi connectivity index (χ2v) is 6.75. The van der Waals surface area contributed by atoms with Crippen molar-refractivity contribution in [2.45, 2.75) is 20.4 Å². The molecule has 1 aliphatic heterocycles. The topological polar surface area (TPSA) is 60.4 Å². The molecule has 1 heterocycles. The van der Waals surface area contributed by atoms with Crippen LogP contribution in [0.3, 0.4) is 0 Å². The van der Waals surface area contributed by atoms with Crippen molar-refractivity contribution in [2.75, 3.05) is 60.0 Å². The second kappa shape index (κ2) is 12.8. The van der Waals surface area contributed by atoms with Gasteiger partial charge in [-0.2, -0.15) is 0 Å². The SMILES string of the molecule is CCNC(=NCCN1CCN(C(C)=O)CC1)N(C)Cc1ccccc1OC.I. The Labute approximate surface area is 186 Å². The van der Waals surface area contributed by atoms with Gasteiger partial charge >= 0.3 is 0 Å². The molecule has 28 heavy (non-hydrogen) atoms. The number of methoxy groups -OCH3 is 1. The molecular formula is C20H34IN5O2. The van der Waals surface area contributed by atoms with Crippen molar-refractivity contribution in [3.05, 3.63) is 29.8 Å². The van der Waals surface area contributed by atoms with Gasteiger partial charge in [-0.05, 0) is 13.0 Å². The van der Waals surface area contributed by atoms with E-state index in [9.17, 15) is 4.79 Å². The minimum absolute atomic E-state index is 0. The summed E-state index contributed by atoms with van der Waals surface area (Å²) in [7, 11) is 3.74. The summed E-state index contributed by atoms with van der Waals surface area (Å²) in [6.45, 7) is 10.4. The lowest BCUT2D eigenvalue weighted by Crippen LogP contribution is -2.48. The number of amides is 1. The maximum atomic E-state index is 11.4. The fraction of sp³-hybridized carbons (Fsp3) is 0.600. The number of rotatable bonds is 7. The standard InChI is InChI=1S/C20H33N5O2.HI/c1-5-21-20(23(3)16-18-8-6-7-9-19(18)27-4)22-10-11-24-12-14-25(15-13-24)17(2)26;/h6-9H,5,10-16H2,1-4H3,(H,21,22);1H. The fourth-order valence-corrected chi connectivity index (χ4v) is 3.22. The van der Waals surface area contributed by atoms with Gasteiger partial charge in [-0.1, -0.05) is 18.2 Å². The van der Waals surface area contributed by atoms with Crippen molar-refractivity contribution in [3.8, 4) is 5.75 Å². The van der Waals surface area contributed by atoms with Crippen molar-refractivity contribution < 1.29 is 9.53 Å². The molecule has 0 spiro atoms. The minimum Gasteiger partial charge on any atom is -0.496 e. The molecule has 0 aromatic heterocycles. The van der Waals surface area contributed by atoms with Crippen LogP contribution in [0.25, 0.3) is 0 Å². The number of para-hydroxylation sites is 1. The number of hydrogen-bond acceptors (Lipinski definition) is 4. The number of carbonyl (C=O) groups excluding carboxylic acids is 1. The predicted molar refractivity (Wildman–Crippen MR) is 125 cm³/mol. The lowest BCUT2D eigenvalue weighted by atomic mass is 10.2. The van der Waals surface area contributed by atoms with Gasteiger partial charge in [-0.3, -0.25) is 14.7 Å². The third kappa shape index (κ3) is 7.46. The van der Waals surface area contributed by atoms with Gasteiger partial charge in [0.1, 0.15) is 5.75 Å². The molecule has 7 nitrogen and oxygen atoms in total. The first-order valence-electron chi connectivity index (χ1n) is 9.64. The van der Waals surface area contributed by atoms with E-state index < -0.39 is 0 Å². The van der Waals surface area contributed by atoms with Crippen LogP contribution in [0.1, 0.15) is 19.4 Å². The number of guanidine groups is 1. The Kier molecular flexibility index (Phi) is 11.2. The van der Waals surface area contributed by atoms with E-state index in [2.05, 4.69) is 28.1 Å². The zero-order valence-electron chi connectivity index (χ0n) is 17.5. The van der Waals surface area contributed by atoms with Gasteiger partial charge in [0.25, 0.3) is 0 Å². The number of ether oxygens (including phenoxy) is 1. The van der Waals surface area contributed by atoms with Crippen LogP contribution in [0.4, 0.5) is 0 Å². The Morgan fingerprint density at radius 2 is 1.93 bits per heavy atom. The number of nitrogens with one attached hydrogen (secondary N) is 1. The van der Waals surface area contributed by atoms with Gasteiger partial charge < -0.3 is 19.9 Å². The van der Waals surface area contributed by atoms with Crippen molar-refractivity contribution >= 4 is 35.8 Å². The van der Waals surface area contributed by atoms with Crippen LogP contribution in [0, 0.1) is 0 Å². The minimum atomic E-state index is 0. The molecule has 1 amide bonds. The molecule has 0 aliphatic carbocycles. The molecule has 1 aromatic carbocycles. The van der Waals surface area contributed by atoms with Crippen LogP contribution < -0.4 is 10.1 Å². The smallest absolute Gasteiger partial charge is 0.219 e. The molecule has 158 valence electrons. The van der Waals surface area contributed by atoms with Gasteiger partial charge in [0.05, 0.1) is 13.7 Å². The molecule has 0 atom stereocenters. The summed E-state index contributed by atoms with van der Waals surface area (Å²) >= 11 is 0. The van der Waals surface area contributed by atoms with Crippen LogP contribution in [-0.2, 0) is 11.3 Å². The molecule has 2 rings (SSSR count). The highest BCUT2D eigenvalue weighted by atomic mass is 127. The number of piperazine rings is 1. The quantitative estimate of drug-likeness (QED) is 0.350. The van der Waals surface area contributed by atoms with Gasteiger partial charge in [0.15, 0.2) is 5.96 Å². The van der Waals surface area contributed by atoms with Gasteiger partial charge in [0.2, 0.25) is 5.91 Å². The summed E-state index contributed by atoms with van der Waals surface area (Å²) in [6.07, 6.45) is 0. The van der Waals surface area contributed by atoms with E-state index >= 15 is 0 Å². The summed E-state index contributed by atoms with van der Waals surface area (Å²) in [5.41, 5.74) is 1.13. The Bertz CT molecular complexity index is 633. The largest absolute Gasteiger partial charge is 0.496 e. The lowest BCUT2D eigenvalue weighted by Gasteiger charge is -2.33. The van der Waals surface area contributed by atoms with Gasteiger partial charge in [-0.15, -0.1) is 24.0 Å². The number of benzene rings is 1. The molecule has 0 radical (unpaired) electrons. The Balaban J connectivity index is 0.00000392. The number of carbonyl (C=O) groups is 1. The summed E-state index contributed by atoms with van der Waals surface area (Å²) < 4.78 is 5.45. The molecule has 1 aliphatic rings. The van der Waals surface area contributed by atoms with Crippen molar-refractivity contribution in [2.24, 2.45) is 4.99 Å². The summed E-state index contributed by atoms with van der Waals surface area (Å²) in [4.78, 5) is 22.6. The first-order chi connectivity index (χ1) is 13.0. The molecule has 0 bridgehead atoms. The van der Waals surface area contributed by atoms with Crippen LogP contribution in [0.5, 0.6) is 5.75 Å². The van der Waals surface area contributed by atoms with Crippen molar-refractivity contribution in [1.82, 2.24) is 20.0 Å². The van der Waals surface area contributed by atoms with Crippen LogP contribution in [-0.4, -0.2) is 86.5 Å². The van der Waals surface area contributed by atoms with E-state index in [0.717, 1.165) is 69.6 Å². The number of halogens is 1. The van der Waals surface area contributed by atoms with Crippen LogP contribution >= 0.6 is 24.0 Å². The molecule has 0 saturated carbocycles. The predicted octanol–water partition coefficient (Wildman–Crippen LogP) is 1.87. The maximum absolute atomic E-state index is 11.4. The van der Waals surface area contributed by atoms with Crippen molar-refractivity contribution in [1.29, 1.82) is 0 Å². The van der Waals surface area contributed by atoms with E-state index in [-0.39, 0.29) is 29.9 Å². The zero-order valence-corrected chi connectivity index (χ0v) is 19.8. The van der Waals surface area contributed by atoms with E-state index in [1.54, 1.807) is 14.0 Å². The van der Waals surface area contributed by atoms with Crippen LogP contribution in [0.2, 0.25) is 0 Å². The molecule has 1 saturated heterocycles. The van der Waals surface area contributed by atoms with Crippen LogP contribution in [0.15, 0.2) is 29.3 Å².